The molecule has 2 aliphatic carbocycles. The van der Waals surface area contributed by atoms with E-state index in [0.29, 0.717) is 0 Å². The summed E-state index contributed by atoms with van der Waals surface area (Å²) in [6, 6.07) is 0. The van der Waals surface area contributed by atoms with Gasteiger partial charge in [0.05, 0.1) is 0 Å². The summed E-state index contributed by atoms with van der Waals surface area (Å²) >= 11 is 0. The minimum absolute atomic E-state index is 0.515. The van der Waals surface area contributed by atoms with Crippen LogP contribution in [-0.2, 0) is 0 Å². The molecule has 2 heteroatoms. The van der Waals surface area contributed by atoms with Gasteiger partial charge in [-0.25, -0.2) is 4.39 Å². The lowest BCUT2D eigenvalue weighted by molar-refractivity contribution is 0.205. The van der Waals surface area contributed by atoms with Crippen molar-refractivity contribution in [3.8, 4) is 0 Å². The van der Waals surface area contributed by atoms with Crippen LogP contribution in [0.5, 0.6) is 0 Å². The van der Waals surface area contributed by atoms with E-state index < -0.39 is 6.17 Å². The Kier molecular flexibility index (Phi) is 5.50. The minimum Gasteiger partial charge on any atom is -0.316 e. The number of rotatable bonds is 5. The topological polar surface area (TPSA) is 12.0 Å². The highest BCUT2D eigenvalue weighted by atomic mass is 19.1. The van der Waals surface area contributed by atoms with E-state index in [9.17, 15) is 4.39 Å². The molecule has 0 spiro atoms. The largest absolute Gasteiger partial charge is 0.316 e. The maximum atomic E-state index is 13.0. The molecule has 0 heterocycles. The molecular weight excluding hydrogens is 213 g/mol. The molecule has 0 aromatic carbocycles. The average Bonchev–Trinajstić information content (AvgIpc) is 2.38. The quantitative estimate of drug-likeness (QED) is 0.565. The highest BCUT2D eigenvalue weighted by Crippen LogP contribution is 2.25. The molecule has 1 nitrogen and oxygen atoms in total. The molecule has 0 unspecified atom stereocenters. The SMILES string of the molecule is FC1CCC(CNCCC2=CCCCC2)CC1. The Hall–Kier alpha value is -0.370. The summed E-state index contributed by atoms with van der Waals surface area (Å²) < 4.78 is 13.0. The first-order valence-electron chi connectivity index (χ1n) is 7.37. The van der Waals surface area contributed by atoms with Gasteiger partial charge in [0.2, 0.25) is 0 Å². The van der Waals surface area contributed by atoms with E-state index in [0.717, 1.165) is 44.7 Å². The molecule has 0 amide bonds. The van der Waals surface area contributed by atoms with Gasteiger partial charge >= 0.3 is 0 Å². The van der Waals surface area contributed by atoms with Crippen LogP contribution in [0.4, 0.5) is 4.39 Å². The summed E-state index contributed by atoms with van der Waals surface area (Å²) in [5.74, 6) is 0.724. The Morgan fingerprint density at radius 3 is 2.71 bits per heavy atom. The Morgan fingerprint density at radius 2 is 2.00 bits per heavy atom. The van der Waals surface area contributed by atoms with Gasteiger partial charge in [0.1, 0.15) is 6.17 Å². The van der Waals surface area contributed by atoms with Gasteiger partial charge in [-0.05, 0) is 76.8 Å². The monoisotopic (exact) mass is 239 g/mol. The van der Waals surface area contributed by atoms with E-state index in [4.69, 9.17) is 0 Å². The molecule has 1 saturated carbocycles. The maximum Gasteiger partial charge on any atom is 0.100 e. The summed E-state index contributed by atoms with van der Waals surface area (Å²) in [4.78, 5) is 0. The van der Waals surface area contributed by atoms with Crippen molar-refractivity contribution in [2.24, 2.45) is 5.92 Å². The summed E-state index contributed by atoms with van der Waals surface area (Å²) in [5, 5.41) is 3.55. The van der Waals surface area contributed by atoms with Gasteiger partial charge in [-0.3, -0.25) is 0 Å². The third kappa shape index (κ3) is 4.79. The molecule has 17 heavy (non-hydrogen) atoms. The van der Waals surface area contributed by atoms with E-state index in [1.165, 1.54) is 32.1 Å². The van der Waals surface area contributed by atoms with Crippen molar-refractivity contribution in [3.63, 3.8) is 0 Å². The van der Waals surface area contributed by atoms with E-state index >= 15 is 0 Å². The number of hydrogen-bond acceptors (Lipinski definition) is 1. The lowest BCUT2D eigenvalue weighted by Crippen LogP contribution is -2.27. The van der Waals surface area contributed by atoms with E-state index in [1.54, 1.807) is 5.57 Å². The molecule has 1 N–H and O–H groups in total. The second-order valence-electron chi connectivity index (χ2n) is 5.68. The zero-order valence-electron chi connectivity index (χ0n) is 10.9. The standard InChI is InChI=1S/C15H26FN/c16-15-8-6-14(7-9-15)12-17-11-10-13-4-2-1-3-5-13/h4,14-15,17H,1-3,5-12H2. The van der Waals surface area contributed by atoms with Crippen molar-refractivity contribution in [2.75, 3.05) is 13.1 Å². The van der Waals surface area contributed by atoms with Gasteiger partial charge in [0.25, 0.3) is 0 Å². The Balaban J connectivity index is 1.52. The fourth-order valence-corrected chi connectivity index (χ4v) is 3.01. The van der Waals surface area contributed by atoms with Crippen LogP contribution in [0, 0.1) is 5.92 Å². The minimum atomic E-state index is -0.515. The van der Waals surface area contributed by atoms with Crippen LogP contribution in [0.3, 0.4) is 0 Å². The highest BCUT2D eigenvalue weighted by Gasteiger charge is 2.19. The average molecular weight is 239 g/mol. The van der Waals surface area contributed by atoms with Gasteiger partial charge in [0, 0.05) is 0 Å². The number of halogens is 1. The van der Waals surface area contributed by atoms with Crippen LogP contribution in [0.1, 0.15) is 57.8 Å². The summed E-state index contributed by atoms with van der Waals surface area (Å²) in [7, 11) is 0. The van der Waals surface area contributed by atoms with E-state index in [1.807, 2.05) is 0 Å². The third-order valence-corrected chi connectivity index (χ3v) is 4.22. The molecule has 0 atom stereocenters. The van der Waals surface area contributed by atoms with Crippen molar-refractivity contribution in [1.82, 2.24) is 5.32 Å². The molecule has 0 bridgehead atoms. The van der Waals surface area contributed by atoms with Crippen LogP contribution < -0.4 is 5.32 Å². The first-order valence-corrected chi connectivity index (χ1v) is 7.37. The second-order valence-corrected chi connectivity index (χ2v) is 5.68. The van der Waals surface area contributed by atoms with Crippen molar-refractivity contribution >= 4 is 0 Å². The number of nitrogens with one attached hydrogen (secondary N) is 1. The molecule has 0 radical (unpaired) electrons. The summed E-state index contributed by atoms with van der Waals surface area (Å²) in [5.41, 5.74) is 1.65. The fourth-order valence-electron chi connectivity index (χ4n) is 3.01. The molecule has 0 aromatic rings. The van der Waals surface area contributed by atoms with Crippen molar-refractivity contribution in [2.45, 2.75) is 64.0 Å². The lowest BCUT2D eigenvalue weighted by atomic mass is 9.88. The molecule has 98 valence electrons. The molecular formula is C15H26FN. The van der Waals surface area contributed by atoms with Gasteiger partial charge < -0.3 is 5.32 Å². The normalized spacial score (nSPS) is 30.1. The van der Waals surface area contributed by atoms with Crippen molar-refractivity contribution in [3.05, 3.63) is 11.6 Å². The van der Waals surface area contributed by atoms with Gasteiger partial charge in [-0.2, -0.15) is 0 Å². The molecule has 0 saturated heterocycles. The first-order chi connectivity index (χ1) is 8.34. The first kappa shape index (κ1) is 13.1. The Labute approximate surface area is 105 Å². The van der Waals surface area contributed by atoms with Crippen LogP contribution >= 0.6 is 0 Å². The third-order valence-electron chi connectivity index (χ3n) is 4.22. The van der Waals surface area contributed by atoms with E-state index in [2.05, 4.69) is 11.4 Å². The molecule has 0 aliphatic heterocycles. The van der Waals surface area contributed by atoms with Crippen LogP contribution in [0.25, 0.3) is 0 Å². The zero-order valence-corrected chi connectivity index (χ0v) is 10.9. The highest BCUT2D eigenvalue weighted by molar-refractivity contribution is 5.05. The zero-order chi connectivity index (χ0) is 11.9. The smallest absolute Gasteiger partial charge is 0.100 e. The number of allylic oxidation sites excluding steroid dienone is 1. The molecule has 0 aromatic heterocycles. The van der Waals surface area contributed by atoms with Crippen LogP contribution in [0.2, 0.25) is 0 Å². The van der Waals surface area contributed by atoms with Crippen LogP contribution in [0.15, 0.2) is 11.6 Å². The van der Waals surface area contributed by atoms with Gasteiger partial charge in [0.15, 0.2) is 0 Å². The molecule has 2 rings (SSSR count). The number of hydrogen-bond donors (Lipinski definition) is 1. The summed E-state index contributed by atoms with van der Waals surface area (Å²) in [6.07, 6.45) is 12.2. The molecule has 1 fully saturated rings. The lowest BCUT2D eigenvalue weighted by Gasteiger charge is -2.24. The molecule has 2 aliphatic rings. The predicted molar refractivity (Wildman–Crippen MR) is 70.9 cm³/mol. The van der Waals surface area contributed by atoms with Crippen molar-refractivity contribution < 1.29 is 4.39 Å². The summed E-state index contributed by atoms with van der Waals surface area (Å²) in [6.45, 7) is 2.21. The second kappa shape index (κ2) is 7.15. The van der Waals surface area contributed by atoms with Gasteiger partial charge in [-0.1, -0.05) is 11.6 Å². The van der Waals surface area contributed by atoms with Gasteiger partial charge in [-0.15, -0.1) is 0 Å². The van der Waals surface area contributed by atoms with Crippen molar-refractivity contribution in [1.29, 1.82) is 0 Å². The maximum absolute atomic E-state index is 13.0. The predicted octanol–water partition coefficient (Wildman–Crippen LogP) is 3.99. The Bertz CT molecular complexity index is 241. The Morgan fingerprint density at radius 1 is 1.18 bits per heavy atom. The number of alkyl halides is 1. The van der Waals surface area contributed by atoms with E-state index in [-0.39, 0.29) is 0 Å². The fraction of sp³-hybridized carbons (Fsp3) is 0.867. The van der Waals surface area contributed by atoms with Crippen LogP contribution in [-0.4, -0.2) is 19.3 Å².